The summed E-state index contributed by atoms with van der Waals surface area (Å²) in [5.41, 5.74) is 1.72. The van der Waals surface area contributed by atoms with Crippen molar-refractivity contribution < 1.29 is 19.1 Å². The molecule has 1 fully saturated rings. The monoisotopic (exact) mass is 397 g/mol. The highest BCUT2D eigenvalue weighted by Crippen LogP contribution is 2.17. The lowest BCUT2D eigenvalue weighted by Gasteiger charge is -2.26. The number of carbonyl (C=O) groups excluding carboxylic acids is 2. The first kappa shape index (κ1) is 20.8. The number of benzene rings is 2. The van der Waals surface area contributed by atoms with Gasteiger partial charge in [0.1, 0.15) is 18.8 Å². The van der Waals surface area contributed by atoms with Crippen LogP contribution in [-0.4, -0.2) is 56.1 Å². The van der Waals surface area contributed by atoms with Gasteiger partial charge in [0.15, 0.2) is 0 Å². The van der Waals surface area contributed by atoms with Crippen molar-refractivity contribution in [2.45, 2.75) is 13.0 Å². The molecule has 1 aliphatic heterocycles. The Labute approximate surface area is 171 Å². The lowest BCUT2D eigenvalue weighted by Crippen LogP contribution is -2.41. The fourth-order valence-corrected chi connectivity index (χ4v) is 2.97. The van der Waals surface area contributed by atoms with Gasteiger partial charge in [-0.05, 0) is 29.8 Å². The Bertz CT molecular complexity index is 774. The molecule has 1 aliphatic rings. The van der Waals surface area contributed by atoms with Gasteiger partial charge in [-0.1, -0.05) is 30.3 Å². The molecular weight excluding hydrogens is 370 g/mol. The third-order valence-corrected chi connectivity index (χ3v) is 4.56. The molecule has 0 radical (unpaired) electrons. The minimum absolute atomic E-state index is 0.199. The molecule has 2 N–H and O–H groups in total. The summed E-state index contributed by atoms with van der Waals surface area (Å²) in [6, 6.07) is 17.0. The number of rotatable bonds is 9. The van der Waals surface area contributed by atoms with E-state index >= 15 is 0 Å². The highest BCUT2D eigenvalue weighted by Gasteiger charge is 2.12. The lowest BCUT2D eigenvalue weighted by atomic mass is 10.2. The van der Waals surface area contributed by atoms with Gasteiger partial charge in [-0.15, -0.1) is 0 Å². The third-order valence-electron chi connectivity index (χ3n) is 4.56. The maximum absolute atomic E-state index is 12.1. The molecule has 2 amide bonds. The summed E-state index contributed by atoms with van der Waals surface area (Å²) < 4.78 is 11.0. The van der Waals surface area contributed by atoms with Gasteiger partial charge < -0.3 is 20.1 Å². The quantitative estimate of drug-likeness (QED) is 0.633. The van der Waals surface area contributed by atoms with Gasteiger partial charge in [-0.25, -0.2) is 0 Å². The van der Waals surface area contributed by atoms with Gasteiger partial charge in [0, 0.05) is 31.9 Å². The van der Waals surface area contributed by atoms with Crippen LogP contribution in [-0.2, 0) is 20.9 Å². The molecule has 1 saturated heterocycles. The van der Waals surface area contributed by atoms with Gasteiger partial charge >= 0.3 is 0 Å². The summed E-state index contributed by atoms with van der Waals surface area (Å²) in [6.45, 7) is 4.99. The van der Waals surface area contributed by atoms with E-state index in [1.54, 1.807) is 24.3 Å². The van der Waals surface area contributed by atoms with Crippen molar-refractivity contribution in [1.29, 1.82) is 0 Å². The summed E-state index contributed by atoms with van der Waals surface area (Å²) in [5, 5.41) is 5.52. The van der Waals surface area contributed by atoms with Crippen LogP contribution in [0.2, 0.25) is 0 Å². The zero-order valence-corrected chi connectivity index (χ0v) is 16.4. The molecule has 0 bridgehead atoms. The first-order valence-corrected chi connectivity index (χ1v) is 9.82. The highest BCUT2D eigenvalue weighted by molar-refractivity contribution is 6.03. The first-order valence-electron chi connectivity index (χ1n) is 9.82. The van der Waals surface area contributed by atoms with Crippen molar-refractivity contribution in [2.24, 2.45) is 0 Å². The predicted molar refractivity (Wildman–Crippen MR) is 111 cm³/mol. The average Bonchev–Trinajstić information content (AvgIpc) is 2.74. The van der Waals surface area contributed by atoms with Gasteiger partial charge in [0.25, 0.3) is 0 Å². The van der Waals surface area contributed by atoms with E-state index in [0.29, 0.717) is 24.6 Å². The van der Waals surface area contributed by atoms with Crippen molar-refractivity contribution in [2.75, 3.05) is 44.7 Å². The van der Waals surface area contributed by atoms with Crippen molar-refractivity contribution in [3.05, 3.63) is 60.2 Å². The zero-order chi connectivity index (χ0) is 20.3. The van der Waals surface area contributed by atoms with Crippen LogP contribution in [0.1, 0.15) is 12.0 Å². The summed E-state index contributed by atoms with van der Waals surface area (Å²) >= 11 is 0. The SMILES string of the molecule is O=C(CC(=O)Nc1ccc(OCc2ccccc2)cc1)NCCN1CCOCC1. The Morgan fingerprint density at radius 1 is 0.966 bits per heavy atom. The lowest BCUT2D eigenvalue weighted by molar-refractivity contribution is -0.126. The van der Waals surface area contributed by atoms with E-state index in [9.17, 15) is 9.59 Å². The topological polar surface area (TPSA) is 79.9 Å². The van der Waals surface area contributed by atoms with Gasteiger partial charge in [0.05, 0.1) is 13.2 Å². The van der Waals surface area contributed by atoms with Crippen LogP contribution in [0.3, 0.4) is 0 Å². The van der Waals surface area contributed by atoms with E-state index in [1.165, 1.54) is 0 Å². The normalized spacial score (nSPS) is 14.2. The molecule has 2 aromatic rings. The molecular formula is C22H27N3O4. The number of hydrogen-bond acceptors (Lipinski definition) is 5. The van der Waals surface area contributed by atoms with E-state index in [2.05, 4.69) is 15.5 Å². The number of anilines is 1. The van der Waals surface area contributed by atoms with Crippen LogP contribution in [0.5, 0.6) is 5.75 Å². The van der Waals surface area contributed by atoms with E-state index in [0.717, 1.165) is 38.4 Å². The molecule has 0 aliphatic carbocycles. The van der Waals surface area contributed by atoms with Crippen LogP contribution >= 0.6 is 0 Å². The summed E-state index contributed by atoms with van der Waals surface area (Å²) in [5.74, 6) is 0.0955. The highest BCUT2D eigenvalue weighted by atomic mass is 16.5. The van der Waals surface area contributed by atoms with Crippen molar-refractivity contribution >= 4 is 17.5 Å². The number of nitrogens with zero attached hydrogens (tertiary/aromatic N) is 1. The second kappa shape index (κ2) is 11.2. The third kappa shape index (κ3) is 7.56. The maximum Gasteiger partial charge on any atom is 0.233 e. The standard InChI is InChI=1S/C22H27N3O4/c26-21(23-10-11-25-12-14-28-15-13-25)16-22(27)24-19-6-8-20(9-7-19)29-17-18-4-2-1-3-5-18/h1-9H,10-17H2,(H,23,26)(H,24,27). The van der Waals surface area contributed by atoms with Gasteiger partial charge in [-0.3, -0.25) is 14.5 Å². The number of hydrogen-bond donors (Lipinski definition) is 2. The van der Waals surface area contributed by atoms with Crippen LogP contribution in [0, 0.1) is 0 Å². The Balaban J connectivity index is 1.34. The molecule has 0 spiro atoms. The fourth-order valence-electron chi connectivity index (χ4n) is 2.97. The van der Waals surface area contributed by atoms with E-state index in [1.807, 2.05) is 30.3 Å². The number of amides is 2. The van der Waals surface area contributed by atoms with Crippen LogP contribution in [0.4, 0.5) is 5.69 Å². The minimum Gasteiger partial charge on any atom is -0.489 e. The molecule has 154 valence electrons. The molecule has 3 rings (SSSR count). The molecule has 7 nitrogen and oxygen atoms in total. The van der Waals surface area contributed by atoms with E-state index in [-0.39, 0.29) is 18.2 Å². The van der Waals surface area contributed by atoms with Crippen molar-refractivity contribution in [1.82, 2.24) is 10.2 Å². The summed E-state index contributed by atoms with van der Waals surface area (Å²) in [7, 11) is 0. The second-order valence-electron chi connectivity index (χ2n) is 6.83. The smallest absolute Gasteiger partial charge is 0.233 e. The van der Waals surface area contributed by atoms with Crippen molar-refractivity contribution in [3.8, 4) is 5.75 Å². The molecule has 2 aromatic carbocycles. The minimum atomic E-state index is -0.341. The summed E-state index contributed by atoms with van der Waals surface area (Å²) in [4.78, 5) is 26.2. The van der Waals surface area contributed by atoms with Crippen LogP contribution < -0.4 is 15.4 Å². The second-order valence-corrected chi connectivity index (χ2v) is 6.83. The fraction of sp³-hybridized carbons (Fsp3) is 0.364. The van der Waals surface area contributed by atoms with Gasteiger partial charge in [0.2, 0.25) is 11.8 Å². The maximum atomic E-state index is 12.1. The first-order chi connectivity index (χ1) is 14.2. The molecule has 29 heavy (non-hydrogen) atoms. The zero-order valence-electron chi connectivity index (χ0n) is 16.4. The number of morpholine rings is 1. The van der Waals surface area contributed by atoms with Gasteiger partial charge in [-0.2, -0.15) is 0 Å². The molecule has 1 heterocycles. The van der Waals surface area contributed by atoms with Crippen LogP contribution in [0.25, 0.3) is 0 Å². The number of nitrogens with one attached hydrogen (secondary N) is 2. The Kier molecular flexibility index (Phi) is 8.03. The molecule has 7 heteroatoms. The number of carbonyl (C=O) groups is 2. The van der Waals surface area contributed by atoms with Crippen molar-refractivity contribution in [3.63, 3.8) is 0 Å². The molecule has 0 unspecified atom stereocenters. The predicted octanol–water partition coefficient (Wildman–Crippen LogP) is 2.04. The average molecular weight is 397 g/mol. The molecule has 0 aromatic heterocycles. The largest absolute Gasteiger partial charge is 0.489 e. The van der Waals surface area contributed by atoms with Crippen LogP contribution in [0.15, 0.2) is 54.6 Å². The Morgan fingerprint density at radius 3 is 2.41 bits per heavy atom. The number of ether oxygens (including phenoxy) is 2. The Morgan fingerprint density at radius 2 is 1.69 bits per heavy atom. The summed E-state index contributed by atoms with van der Waals surface area (Å²) in [6.07, 6.45) is -0.199. The molecule has 0 atom stereocenters. The Hall–Kier alpha value is -2.90. The van der Waals surface area contributed by atoms with E-state index in [4.69, 9.17) is 9.47 Å². The molecule has 0 saturated carbocycles. The van der Waals surface area contributed by atoms with E-state index < -0.39 is 0 Å².